The van der Waals surface area contributed by atoms with E-state index in [0.29, 0.717) is 17.5 Å². The molecule has 0 aliphatic carbocycles. The van der Waals surface area contributed by atoms with Crippen LogP contribution in [0.4, 0.5) is 0 Å². The molecule has 1 amide bonds. The molecule has 0 saturated heterocycles. The van der Waals surface area contributed by atoms with Gasteiger partial charge in [-0.05, 0) is 48.6 Å². The fourth-order valence-electron chi connectivity index (χ4n) is 3.17. The van der Waals surface area contributed by atoms with Crippen LogP contribution in [0, 0.1) is 0 Å². The minimum Gasteiger partial charge on any atom is -0.494 e. The second kappa shape index (κ2) is 7.97. The van der Waals surface area contributed by atoms with Crippen molar-refractivity contribution >= 4 is 44.5 Å². The van der Waals surface area contributed by atoms with E-state index in [1.807, 2.05) is 56.3 Å². The van der Waals surface area contributed by atoms with Crippen LogP contribution in [0.3, 0.4) is 0 Å². The number of benzene rings is 2. The lowest BCUT2D eigenvalue weighted by Gasteiger charge is -2.34. The van der Waals surface area contributed by atoms with Gasteiger partial charge in [0.05, 0.1) is 12.0 Å². The molecular weight excluding hydrogens is 440 g/mol. The Morgan fingerprint density at radius 3 is 2.71 bits per heavy atom. The van der Waals surface area contributed by atoms with Gasteiger partial charge in [-0.2, -0.15) is 0 Å². The second-order valence-electron chi connectivity index (χ2n) is 6.15. The lowest BCUT2D eigenvalue weighted by molar-refractivity contribution is -0.116. The van der Waals surface area contributed by atoms with Gasteiger partial charge in [-0.25, -0.2) is 5.01 Å². The number of rotatable bonds is 4. The lowest BCUT2D eigenvalue weighted by Crippen LogP contribution is -2.50. The molecular formula is C20H19BrN4O2S. The highest BCUT2D eigenvalue weighted by Gasteiger charge is 2.34. The van der Waals surface area contributed by atoms with E-state index in [4.69, 9.17) is 14.8 Å². The Morgan fingerprint density at radius 1 is 1.21 bits per heavy atom. The van der Waals surface area contributed by atoms with E-state index in [1.165, 1.54) is 11.8 Å². The average Bonchev–Trinajstić information content (AvgIpc) is 2.68. The van der Waals surface area contributed by atoms with Crippen LogP contribution >= 0.6 is 27.7 Å². The summed E-state index contributed by atoms with van der Waals surface area (Å²) in [5.74, 6) is 1.45. The summed E-state index contributed by atoms with van der Waals surface area (Å²) in [5, 5.41) is 11.4. The number of thioether (sulfide) groups is 1. The first-order valence-electron chi connectivity index (χ1n) is 9.03. The topological polar surface area (TPSA) is 66.3 Å². The molecule has 2 aromatic rings. The van der Waals surface area contributed by atoms with Gasteiger partial charge in [0, 0.05) is 9.69 Å². The Labute approximate surface area is 175 Å². The van der Waals surface area contributed by atoms with Crippen LogP contribution in [0.2, 0.25) is 0 Å². The monoisotopic (exact) mass is 458 g/mol. The molecule has 2 aromatic carbocycles. The molecule has 4 rings (SSSR count). The van der Waals surface area contributed by atoms with E-state index in [0.717, 1.165) is 32.1 Å². The fraction of sp³-hybridized carbons (Fsp3) is 0.250. The maximum Gasteiger partial charge on any atom is 0.276 e. The van der Waals surface area contributed by atoms with Gasteiger partial charge in [0.2, 0.25) is 0 Å². The molecule has 0 fully saturated rings. The summed E-state index contributed by atoms with van der Waals surface area (Å²) >= 11 is 4.98. The molecule has 6 nitrogen and oxygen atoms in total. The van der Waals surface area contributed by atoms with Crippen molar-refractivity contribution in [2.45, 2.75) is 20.0 Å². The van der Waals surface area contributed by atoms with Gasteiger partial charge in [-0.15, -0.1) is 5.10 Å². The van der Waals surface area contributed by atoms with E-state index >= 15 is 0 Å². The van der Waals surface area contributed by atoms with Crippen LogP contribution in [-0.2, 0) is 4.79 Å². The third-order valence-electron chi connectivity index (χ3n) is 4.34. The van der Waals surface area contributed by atoms with E-state index in [2.05, 4.69) is 21.2 Å². The Hall–Kier alpha value is -2.32. The third-order valence-corrected chi connectivity index (χ3v) is 5.58. The van der Waals surface area contributed by atoms with E-state index in [-0.39, 0.29) is 5.91 Å². The van der Waals surface area contributed by atoms with E-state index < -0.39 is 6.17 Å². The largest absolute Gasteiger partial charge is 0.494 e. The molecule has 0 bridgehead atoms. The van der Waals surface area contributed by atoms with Crippen LogP contribution in [0.5, 0.6) is 5.75 Å². The zero-order valence-corrected chi connectivity index (χ0v) is 17.9. The minimum absolute atomic E-state index is 0.170. The van der Waals surface area contributed by atoms with Gasteiger partial charge in [-0.1, -0.05) is 46.7 Å². The smallest absolute Gasteiger partial charge is 0.276 e. The highest BCUT2D eigenvalue weighted by atomic mass is 79.9. The molecule has 28 heavy (non-hydrogen) atoms. The highest BCUT2D eigenvalue weighted by Crippen LogP contribution is 2.31. The first-order chi connectivity index (χ1) is 13.6. The molecule has 0 saturated carbocycles. The molecule has 0 radical (unpaired) electrons. The van der Waals surface area contributed by atoms with Crippen molar-refractivity contribution in [2.75, 3.05) is 12.4 Å². The number of nitrogens with zero attached hydrogens (tertiary/aromatic N) is 3. The number of amides is 1. The van der Waals surface area contributed by atoms with Crippen LogP contribution in [0.1, 0.15) is 25.6 Å². The summed E-state index contributed by atoms with van der Waals surface area (Å²) < 4.78 is 6.43. The van der Waals surface area contributed by atoms with Gasteiger partial charge >= 0.3 is 0 Å². The Morgan fingerprint density at radius 2 is 2.00 bits per heavy atom. The molecule has 1 N–H and O–H groups in total. The number of amidine groups is 1. The first-order valence-corrected chi connectivity index (χ1v) is 10.8. The van der Waals surface area contributed by atoms with Gasteiger partial charge in [0.25, 0.3) is 5.91 Å². The van der Waals surface area contributed by atoms with Crippen LogP contribution < -0.4 is 20.6 Å². The quantitative estimate of drug-likeness (QED) is 0.764. The molecule has 0 aromatic heterocycles. The fourth-order valence-corrected chi connectivity index (χ4v) is 4.12. The van der Waals surface area contributed by atoms with Gasteiger partial charge in [0.15, 0.2) is 11.3 Å². The standard InChI is InChI=1S/C20H19BrN4O2S/c1-3-27-14-8-5-12(6-9-14)18-22-16-10-7-13(21)11-15(16)17-19(26)23-20(28-4-2)24-25(17)18/h5-11,18H,3-4H2,1-2H3,(H,23,24,26)/t18-/m0/s1. The van der Waals surface area contributed by atoms with Crippen LogP contribution in [0.25, 0.3) is 5.70 Å². The van der Waals surface area contributed by atoms with Gasteiger partial charge < -0.3 is 4.74 Å². The van der Waals surface area contributed by atoms with Crippen LogP contribution in [0.15, 0.2) is 57.0 Å². The summed E-state index contributed by atoms with van der Waals surface area (Å²) in [7, 11) is 0. The highest BCUT2D eigenvalue weighted by molar-refractivity contribution is 9.10. The Kier molecular flexibility index (Phi) is 5.41. The van der Waals surface area contributed by atoms with Gasteiger partial charge in [-0.3, -0.25) is 15.1 Å². The third kappa shape index (κ3) is 3.54. The number of hydrogen-bond donors (Lipinski definition) is 1. The SMILES string of the molecule is CCOc1ccc([C@H]2N=c3ccc(Br)cc3=C3C(=O)NC(SCC)=NN32)cc1. The number of carbonyl (C=O) groups is 1. The van der Waals surface area contributed by atoms with E-state index in [9.17, 15) is 4.79 Å². The molecule has 2 aliphatic rings. The Balaban J connectivity index is 1.88. The number of halogens is 1. The zero-order chi connectivity index (χ0) is 19.7. The maximum atomic E-state index is 12.9. The molecule has 8 heteroatoms. The van der Waals surface area contributed by atoms with Crippen molar-refractivity contribution in [3.63, 3.8) is 0 Å². The predicted molar refractivity (Wildman–Crippen MR) is 114 cm³/mol. The van der Waals surface area contributed by atoms with E-state index in [1.54, 1.807) is 5.01 Å². The van der Waals surface area contributed by atoms with Crippen molar-refractivity contribution in [2.24, 2.45) is 10.1 Å². The van der Waals surface area contributed by atoms with Gasteiger partial charge in [0.1, 0.15) is 11.4 Å². The first kappa shape index (κ1) is 19.0. The molecule has 144 valence electrons. The number of hydrogen-bond acceptors (Lipinski definition) is 6. The zero-order valence-electron chi connectivity index (χ0n) is 15.5. The number of carbonyl (C=O) groups excluding carboxylic acids is 1. The van der Waals surface area contributed by atoms with Crippen molar-refractivity contribution in [3.8, 4) is 5.75 Å². The lowest BCUT2D eigenvalue weighted by atomic mass is 10.1. The summed E-state index contributed by atoms with van der Waals surface area (Å²) in [6, 6.07) is 13.5. The number of nitrogens with one attached hydrogen (secondary N) is 1. The van der Waals surface area contributed by atoms with Crippen molar-refractivity contribution in [1.29, 1.82) is 0 Å². The normalized spacial score (nSPS) is 17.9. The second-order valence-corrected chi connectivity index (χ2v) is 8.32. The van der Waals surface area contributed by atoms with Crippen molar-refractivity contribution < 1.29 is 9.53 Å². The number of hydrazone groups is 1. The molecule has 2 heterocycles. The van der Waals surface area contributed by atoms with Crippen molar-refractivity contribution in [3.05, 3.63) is 63.1 Å². The summed E-state index contributed by atoms with van der Waals surface area (Å²) in [6.07, 6.45) is -0.419. The predicted octanol–water partition coefficient (Wildman–Crippen LogP) is 2.74. The van der Waals surface area contributed by atoms with Crippen LogP contribution in [-0.4, -0.2) is 28.4 Å². The molecule has 0 unspecified atom stereocenters. The Bertz CT molecular complexity index is 1070. The summed E-state index contributed by atoms with van der Waals surface area (Å²) in [4.78, 5) is 17.8. The molecule has 0 spiro atoms. The minimum atomic E-state index is -0.419. The molecule has 1 atom stereocenters. The maximum absolute atomic E-state index is 12.9. The van der Waals surface area contributed by atoms with Crippen molar-refractivity contribution in [1.82, 2.24) is 10.3 Å². The summed E-state index contributed by atoms with van der Waals surface area (Å²) in [6.45, 7) is 4.59. The molecule has 2 aliphatic heterocycles. The number of ether oxygens (including phenoxy) is 1. The average molecular weight is 459 g/mol. The number of fused-ring (bicyclic) bond motifs is 2. The summed E-state index contributed by atoms with van der Waals surface area (Å²) in [5.41, 5.74) is 1.44.